The highest BCUT2D eigenvalue weighted by Crippen LogP contribution is 1.92. The zero-order chi connectivity index (χ0) is 29.9. The molecule has 0 bridgehead atoms. The van der Waals surface area contributed by atoms with Crippen LogP contribution in [-0.2, 0) is 33.4 Å². The van der Waals surface area contributed by atoms with Crippen LogP contribution < -0.4 is 22.1 Å². The SMILES string of the molecule is CCOC(=O)/C(Br)=N/NCCCO.CCOC(=O)/C=N/NCCCO.CCOC(=O)C=O.NNCCCO. The van der Waals surface area contributed by atoms with E-state index in [1.54, 1.807) is 20.8 Å². The normalized spacial score (nSPS) is 9.84. The highest BCUT2D eigenvalue weighted by Gasteiger charge is 2.07. The maximum atomic E-state index is 10.9. The summed E-state index contributed by atoms with van der Waals surface area (Å²) in [6.07, 6.45) is 3.15. The minimum atomic E-state index is -0.803. The van der Waals surface area contributed by atoms with Gasteiger partial charge in [-0.1, -0.05) is 0 Å². The molecule has 38 heavy (non-hydrogen) atoms. The molecule has 0 fully saturated rings. The van der Waals surface area contributed by atoms with Crippen molar-refractivity contribution in [2.45, 2.75) is 40.0 Å². The van der Waals surface area contributed by atoms with Gasteiger partial charge in [-0.05, 0) is 56.0 Å². The number of aldehydes is 1. The van der Waals surface area contributed by atoms with Gasteiger partial charge in [-0.2, -0.15) is 10.2 Å². The number of carbonyl (C=O) groups excluding carboxylic acids is 4. The molecule has 0 aromatic carbocycles. The van der Waals surface area contributed by atoms with E-state index in [0.717, 1.165) is 12.6 Å². The third kappa shape index (κ3) is 43.4. The molecule has 0 aliphatic rings. The number of hydrazine groups is 1. The van der Waals surface area contributed by atoms with Gasteiger partial charge in [-0.3, -0.25) is 16.1 Å². The summed E-state index contributed by atoms with van der Waals surface area (Å²) < 4.78 is 13.5. The zero-order valence-electron chi connectivity index (χ0n) is 22.2. The van der Waals surface area contributed by atoms with Crippen LogP contribution in [-0.4, -0.2) is 110 Å². The molecule has 224 valence electrons. The number of esters is 3. The van der Waals surface area contributed by atoms with Crippen LogP contribution in [0.5, 0.6) is 0 Å². The summed E-state index contributed by atoms with van der Waals surface area (Å²) in [5.74, 6) is 3.09. The van der Waals surface area contributed by atoms with Crippen molar-refractivity contribution in [2.75, 3.05) is 59.3 Å². The summed E-state index contributed by atoms with van der Waals surface area (Å²) in [5, 5.41) is 32.2. The van der Waals surface area contributed by atoms with Gasteiger partial charge in [0.1, 0.15) is 6.21 Å². The summed E-state index contributed by atoms with van der Waals surface area (Å²) in [6, 6.07) is 0. The number of ether oxygens (including phenoxy) is 3. The fourth-order valence-electron chi connectivity index (χ4n) is 1.38. The average molecular weight is 620 g/mol. The maximum absolute atomic E-state index is 10.9. The van der Waals surface area contributed by atoms with Crippen LogP contribution in [0.25, 0.3) is 0 Å². The molecule has 0 aliphatic carbocycles. The Morgan fingerprint density at radius 2 is 1.29 bits per heavy atom. The van der Waals surface area contributed by atoms with Gasteiger partial charge in [0.05, 0.1) is 19.8 Å². The molecular weight excluding hydrogens is 576 g/mol. The minimum absolute atomic E-state index is 0.0968. The van der Waals surface area contributed by atoms with Gasteiger partial charge in [0, 0.05) is 39.5 Å². The van der Waals surface area contributed by atoms with Crippen LogP contribution in [0, 0.1) is 0 Å². The molecule has 0 aromatic heterocycles. The number of aliphatic hydroxyl groups is 3. The smallest absolute Gasteiger partial charge is 0.371 e. The van der Waals surface area contributed by atoms with Crippen molar-refractivity contribution in [1.29, 1.82) is 0 Å². The number of hydrogen-bond acceptors (Lipinski definition) is 16. The lowest BCUT2D eigenvalue weighted by Crippen LogP contribution is -2.23. The molecule has 17 heteroatoms. The topological polar surface area (TPSA) is 243 Å². The Balaban J connectivity index is -0.000000213. The third-order valence-corrected chi connectivity index (χ3v) is 3.43. The quantitative estimate of drug-likeness (QED) is 0.0141. The third-order valence-electron chi connectivity index (χ3n) is 2.92. The van der Waals surface area contributed by atoms with E-state index in [0.29, 0.717) is 45.7 Å². The summed E-state index contributed by atoms with van der Waals surface area (Å²) in [5.41, 5.74) is 7.60. The van der Waals surface area contributed by atoms with Gasteiger partial charge in [-0.25, -0.2) is 14.4 Å². The largest absolute Gasteiger partial charge is 0.462 e. The Hall–Kier alpha value is -2.70. The average Bonchev–Trinajstić information content (AvgIpc) is 2.91. The Morgan fingerprint density at radius 1 is 0.816 bits per heavy atom. The molecule has 8 N–H and O–H groups in total. The van der Waals surface area contributed by atoms with E-state index < -0.39 is 17.9 Å². The van der Waals surface area contributed by atoms with Gasteiger partial charge in [0.25, 0.3) is 0 Å². The van der Waals surface area contributed by atoms with Gasteiger partial charge in [0.15, 0.2) is 0 Å². The second kappa shape index (κ2) is 38.8. The number of aliphatic hydroxyl groups excluding tert-OH is 3. The van der Waals surface area contributed by atoms with Crippen molar-refractivity contribution in [1.82, 2.24) is 16.3 Å². The van der Waals surface area contributed by atoms with Crippen molar-refractivity contribution in [3.8, 4) is 0 Å². The molecule has 0 aromatic rings. The first-order chi connectivity index (χ1) is 18.2. The second-order valence-corrected chi connectivity index (χ2v) is 6.76. The van der Waals surface area contributed by atoms with Crippen LogP contribution in [0.1, 0.15) is 40.0 Å². The van der Waals surface area contributed by atoms with Crippen LogP contribution in [0.15, 0.2) is 10.2 Å². The molecule has 16 nitrogen and oxygen atoms in total. The Labute approximate surface area is 231 Å². The molecule has 0 rings (SSSR count). The first-order valence-electron chi connectivity index (χ1n) is 11.7. The van der Waals surface area contributed by atoms with Crippen LogP contribution in [0.3, 0.4) is 0 Å². The van der Waals surface area contributed by atoms with Crippen molar-refractivity contribution >= 4 is 51.0 Å². The number of rotatable bonds is 17. The van der Waals surface area contributed by atoms with E-state index in [-0.39, 0.29) is 37.3 Å². The summed E-state index contributed by atoms with van der Waals surface area (Å²) >= 11 is 2.95. The molecule has 0 spiro atoms. The van der Waals surface area contributed by atoms with Crippen molar-refractivity contribution in [3.63, 3.8) is 0 Å². The molecule has 0 amide bonds. The number of halogens is 1. The van der Waals surface area contributed by atoms with Crippen molar-refractivity contribution < 1.29 is 48.7 Å². The van der Waals surface area contributed by atoms with Crippen molar-refractivity contribution in [3.05, 3.63) is 0 Å². The van der Waals surface area contributed by atoms with Crippen LogP contribution in [0.2, 0.25) is 0 Å². The summed E-state index contributed by atoms with van der Waals surface area (Å²) in [6.45, 7) is 8.20. The molecule has 0 saturated heterocycles. The highest BCUT2D eigenvalue weighted by molar-refractivity contribution is 9.19. The lowest BCUT2D eigenvalue weighted by atomic mass is 10.5. The van der Waals surface area contributed by atoms with Gasteiger partial charge >= 0.3 is 17.9 Å². The van der Waals surface area contributed by atoms with E-state index in [2.05, 4.69) is 56.6 Å². The predicted octanol–water partition coefficient (Wildman–Crippen LogP) is -1.68. The molecule has 0 unspecified atom stereocenters. The fourth-order valence-corrected chi connectivity index (χ4v) is 1.62. The van der Waals surface area contributed by atoms with E-state index in [9.17, 15) is 19.2 Å². The van der Waals surface area contributed by atoms with Crippen LogP contribution in [0.4, 0.5) is 0 Å². The van der Waals surface area contributed by atoms with Crippen molar-refractivity contribution in [2.24, 2.45) is 16.0 Å². The van der Waals surface area contributed by atoms with E-state index in [1.807, 2.05) is 0 Å². The fraction of sp³-hybridized carbons (Fsp3) is 0.714. The Morgan fingerprint density at radius 3 is 1.68 bits per heavy atom. The number of nitrogens with zero attached hydrogens (tertiary/aromatic N) is 2. The highest BCUT2D eigenvalue weighted by atomic mass is 79.9. The standard InChI is InChI=1S/C7H13BrN2O3.C7H14N2O3.C4H6O3.C3H10N2O/c1-2-13-7(12)6(8)10-9-4-3-5-11;1-2-12-7(11)6-9-8-4-3-5-10;1-2-7-4(6)3-5;4-5-2-1-3-6/h9,11H,2-5H2,1H3;6,8,10H,2-5H2,1H3;3H,2H2,1H3;5-6H,1-4H2/b10-6-;9-6+;;. The summed E-state index contributed by atoms with van der Waals surface area (Å²) in [4.78, 5) is 40.8. The molecule has 0 heterocycles. The molecule has 0 radical (unpaired) electrons. The number of carbonyl (C=O) groups is 4. The number of nitrogens with two attached hydrogens (primary N) is 1. The van der Waals surface area contributed by atoms with Gasteiger partial charge < -0.3 is 40.4 Å². The van der Waals surface area contributed by atoms with Gasteiger partial charge in [0.2, 0.25) is 10.9 Å². The summed E-state index contributed by atoms with van der Waals surface area (Å²) in [7, 11) is 0. The molecule has 0 atom stereocenters. The minimum Gasteiger partial charge on any atom is -0.462 e. The predicted molar refractivity (Wildman–Crippen MR) is 144 cm³/mol. The Bertz CT molecular complexity index is 623. The Kier molecular flexibility index (Phi) is 43.3. The van der Waals surface area contributed by atoms with E-state index in [4.69, 9.17) is 21.2 Å². The van der Waals surface area contributed by atoms with E-state index >= 15 is 0 Å². The molecule has 0 saturated carbocycles. The zero-order valence-corrected chi connectivity index (χ0v) is 23.8. The van der Waals surface area contributed by atoms with Gasteiger partial charge in [-0.15, -0.1) is 0 Å². The number of nitrogens with one attached hydrogen (secondary N) is 3. The molecular formula is C21H43BrN6O10. The van der Waals surface area contributed by atoms with Crippen LogP contribution >= 0.6 is 15.9 Å². The maximum Gasteiger partial charge on any atom is 0.371 e. The second-order valence-electron chi connectivity index (χ2n) is 6.01. The van der Waals surface area contributed by atoms with E-state index in [1.165, 1.54) is 0 Å². The lowest BCUT2D eigenvalue weighted by Gasteiger charge is -2.00. The first kappa shape index (κ1) is 42.4. The number of hydrazone groups is 2. The molecule has 0 aliphatic heterocycles. The first-order valence-corrected chi connectivity index (χ1v) is 12.5. The monoisotopic (exact) mass is 618 g/mol. The lowest BCUT2D eigenvalue weighted by molar-refractivity contribution is -0.148. The number of hydrogen-bond donors (Lipinski definition) is 7.